The number of hydrogen-bond acceptors (Lipinski definition) is 8. The van der Waals surface area contributed by atoms with E-state index in [1.807, 2.05) is 50.2 Å². The molecule has 2 aromatic carbocycles. The maximum atomic E-state index is 14.2. The molecule has 2 aromatic rings. The third-order valence-electron chi connectivity index (χ3n) is 9.89. The maximum absolute atomic E-state index is 14.2. The van der Waals surface area contributed by atoms with Crippen molar-refractivity contribution in [2.45, 2.75) is 70.0 Å². The van der Waals surface area contributed by atoms with Crippen LogP contribution in [0.1, 0.15) is 56.6 Å². The van der Waals surface area contributed by atoms with Crippen molar-refractivity contribution in [2.75, 3.05) is 59.6 Å². The van der Waals surface area contributed by atoms with Gasteiger partial charge in [-0.1, -0.05) is 56.3 Å². The van der Waals surface area contributed by atoms with Crippen LogP contribution in [0.5, 0.6) is 5.75 Å². The second-order valence-electron chi connectivity index (χ2n) is 14.5. The van der Waals surface area contributed by atoms with Crippen LogP contribution in [-0.4, -0.2) is 128 Å². The summed E-state index contributed by atoms with van der Waals surface area (Å²) >= 11 is 0. The zero-order valence-electron chi connectivity index (χ0n) is 30.9. The second-order valence-corrected chi connectivity index (χ2v) is 14.5. The molecule has 2 saturated heterocycles. The van der Waals surface area contributed by atoms with Crippen LogP contribution in [0.4, 0.5) is 0 Å². The minimum absolute atomic E-state index is 0.0345. The SMILES string of the molecule is COCCN1CC(=O)N[C@@H](Cc2ccccc2)C(=O)N[C@@H]2CN(C(=O)CN3CCCCC3=O)C[C@H]2c2cccc(c2)OCC(=O)N[C@H](CC(C)C)C1=O. The Morgan fingerprint density at radius 3 is 2.42 bits per heavy atom. The van der Waals surface area contributed by atoms with Gasteiger partial charge in [0.05, 0.1) is 25.7 Å². The molecular formula is C39H52N6O8. The fourth-order valence-electron chi connectivity index (χ4n) is 7.14. The summed E-state index contributed by atoms with van der Waals surface area (Å²) < 4.78 is 11.1. The molecule has 2 bridgehead atoms. The van der Waals surface area contributed by atoms with E-state index in [1.165, 1.54) is 12.0 Å². The summed E-state index contributed by atoms with van der Waals surface area (Å²) in [6, 6.07) is 14.0. The van der Waals surface area contributed by atoms with Crippen molar-refractivity contribution >= 4 is 35.4 Å². The highest BCUT2D eigenvalue weighted by Crippen LogP contribution is 2.31. The van der Waals surface area contributed by atoms with Gasteiger partial charge in [-0.05, 0) is 48.4 Å². The van der Waals surface area contributed by atoms with E-state index >= 15 is 0 Å². The lowest BCUT2D eigenvalue weighted by Gasteiger charge is -2.29. The summed E-state index contributed by atoms with van der Waals surface area (Å²) in [4.78, 5) is 85.8. The molecule has 3 aliphatic heterocycles. The fraction of sp³-hybridized carbons (Fsp3) is 0.538. The van der Waals surface area contributed by atoms with E-state index in [2.05, 4.69) is 16.0 Å². The third-order valence-corrected chi connectivity index (χ3v) is 9.89. The van der Waals surface area contributed by atoms with Crippen LogP contribution in [0.25, 0.3) is 0 Å². The Morgan fingerprint density at radius 2 is 1.68 bits per heavy atom. The number of nitrogens with one attached hydrogen (secondary N) is 3. The Bertz CT molecular complexity index is 1620. The summed E-state index contributed by atoms with van der Waals surface area (Å²) in [5.41, 5.74) is 1.60. The van der Waals surface area contributed by atoms with Gasteiger partial charge in [0.15, 0.2) is 6.61 Å². The summed E-state index contributed by atoms with van der Waals surface area (Å²) in [5.74, 6) is -2.09. The zero-order valence-corrected chi connectivity index (χ0v) is 30.9. The number of rotatable bonds is 9. The lowest BCUT2D eigenvalue weighted by molar-refractivity contribution is -0.141. The minimum atomic E-state index is -1.01. The van der Waals surface area contributed by atoms with Gasteiger partial charge in [0.1, 0.15) is 17.8 Å². The number of nitrogens with zero attached hydrogens (tertiary/aromatic N) is 3. The molecule has 53 heavy (non-hydrogen) atoms. The first-order chi connectivity index (χ1) is 25.5. The van der Waals surface area contributed by atoms with Crippen molar-refractivity contribution < 1.29 is 38.2 Å². The monoisotopic (exact) mass is 732 g/mol. The first-order valence-electron chi connectivity index (χ1n) is 18.5. The number of methoxy groups -OCH3 is 1. The van der Waals surface area contributed by atoms with Crippen LogP contribution in [-0.2, 0) is 39.9 Å². The lowest BCUT2D eigenvalue weighted by atomic mass is 9.93. The topological polar surface area (TPSA) is 167 Å². The summed E-state index contributed by atoms with van der Waals surface area (Å²) in [6.45, 7) is 4.35. The van der Waals surface area contributed by atoms with Crippen molar-refractivity contribution in [1.29, 1.82) is 0 Å². The molecule has 0 spiro atoms. The molecule has 0 aliphatic carbocycles. The molecule has 2 fully saturated rings. The highest BCUT2D eigenvalue weighted by molar-refractivity contribution is 5.93. The van der Waals surface area contributed by atoms with Crippen molar-refractivity contribution in [2.24, 2.45) is 5.92 Å². The predicted molar refractivity (Wildman–Crippen MR) is 196 cm³/mol. The Balaban J connectivity index is 1.47. The van der Waals surface area contributed by atoms with Gasteiger partial charge in [0.2, 0.25) is 29.5 Å². The van der Waals surface area contributed by atoms with Gasteiger partial charge in [-0.25, -0.2) is 0 Å². The number of likely N-dealkylation sites (tertiary alicyclic amines) is 2. The number of carbonyl (C=O) groups is 6. The number of hydrogen-bond donors (Lipinski definition) is 3. The molecule has 3 N–H and O–H groups in total. The fourth-order valence-corrected chi connectivity index (χ4v) is 7.14. The van der Waals surface area contributed by atoms with Crippen molar-refractivity contribution in [3.63, 3.8) is 0 Å². The van der Waals surface area contributed by atoms with Crippen LogP contribution in [0.2, 0.25) is 0 Å². The first-order valence-corrected chi connectivity index (χ1v) is 18.5. The molecular weight excluding hydrogens is 680 g/mol. The van der Waals surface area contributed by atoms with Gasteiger partial charge in [-0.2, -0.15) is 0 Å². The van der Waals surface area contributed by atoms with E-state index in [0.29, 0.717) is 25.1 Å². The zero-order chi connectivity index (χ0) is 37.9. The van der Waals surface area contributed by atoms with E-state index in [4.69, 9.17) is 9.47 Å². The molecule has 5 rings (SSSR count). The predicted octanol–water partition coefficient (Wildman–Crippen LogP) is 1.24. The van der Waals surface area contributed by atoms with Crippen molar-refractivity contribution in [3.05, 3.63) is 65.7 Å². The Hall–Kier alpha value is -4.98. The number of amides is 6. The molecule has 14 nitrogen and oxygen atoms in total. The standard InChI is InChI=1S/C39H52N6O8/c1-26(2)18-32-39(51)44(16-17-52-3)23-34(46)40-31(19-27-10-5-4-6-11-27)38(50)42-33-22-45(37(49)24-43-15-8-7-14-36(43)48)21-30(33)28-12-9-13-29(20-28)53-25-35(47)41-32/h4-6,9-13,20,26,30-33H,7-8,14-19,21-25H2,1-3H3,(H,40,46)(H,41,47)(H,42,50)/t30-,31-,32+,33+/m0/s1. The highest BCUT2D eigenvalue weighted by atomic mass is 16.5. The molecule has 0 saturated carbocycles. The van der Waals surface area contributed by atoms with Gasteiger partial charge in [-0.15, -0.1) is 0 Å². The molecule has 0 unspecified atom stereocenters. The van der Waals surface area contributed by atoms with E-state index < -0.39 is 41.8 Å². The van der Waals surface area contributed by atoms with Gasteiger partial charge in [0, 0.05) is 52.0 Å². The van der Waals surface area contributed by atoms with Crippen molar-refractivity contribution in [1.82, 2.24) is 30.7 Å². The number of ether oxygens (including phenoxy) is 2. The Labute approximate surface area is 310 Å². The highest BCUT2D eigenvalue weighted by Gasteiger charge is 2.39. The summed E-state index contributed by atoms with van der Waals surface area (Å²) in [5, 5.41) is 8.82. The van der Waals surface area contributed by atoms with Gasteiger partial charge in [-0.3, -0.25) is 28.8 Å². The lowest BCUT2D eigenvalue weighted by Crippen LogP contribution is -2.56. The molecule has 0 aromatic heterocycles. The van der Waals surface area contributed by atoms with Gasteiger partial charge >= 0.3 is 0 Å². The molecule has 286 valence electrons. The quantitative estimate of drug-likeness (QED) is 0.347. The van der Waals surface area contributed by atoms with Crippen LogP contribution in [0, 0.1) is 5.92 Å². The number of benzene rings is 2. The number of fused-ring (bicyclic) bond motifs is 4. The molecule has 3 heterocycles. The van der Waals surface area contributed by atoms with Gasteiger partial charge < -0.3 is 40.1 Å². The molecule has 3 aliphatic rings. The number of carbonyl (C=O) groups excluding carboxylic acids is 6. The number of piperidine rings is 1. The average Bonchev–Trinajstić information content (AvgIpc) is 3.56. The molecule has 4 atom stereocenters. The van der Waals surface area contributed by atoms with Crippen LogP contribution in [0.15, 0.2) is 54.6 Å². The molecule has 6 amide bonds. The van der Waals surface area contributed by atoms with E-state index in [9.17, 15) is 28.8 Å². The van der Waals surface area contributed by atoms with Crippen LogP contribution in [0.3, 0.4) is 0 Å². The minimum Gasteiger partial charge on any atom is -0.484 e. The average molecular weight is 733 g/mol. The smallest absolute Gasteiger partial charge is 0.258 e. The second kappa shape index (κ2) is 18.7. The van der Waals surface area contributed by atoms with E-state index in [0.717, 1.165) is 24.0 Å². The first kappa shape index (κ1) is 39.2. The summed E-state index contributed by atoms with van der Waals surface area (Å²) in [7, 11) is 1.49. The molecule has 0 radical (unpaired) electrons. The summed E-state index contributed by atoms with van der Waals surface area (Å²) in [6.07, 6.45) is 2.58. The van der Waals surface area contributed by atoms with Crippen LogP contribution >= 0.6 is 0 Å². The third kappa shape index (κ3) is 11.0. The van der Waals surface area contributed by atoms with E-state index in [-0.39, 0.29) is 76.0 Å². The van der Waals surface area contributed by atoms with Crippen LogP contribution < -0.4 is 20.7 Å². The molecule has 14 heteroatoms. The van der Waals surface area contributed by atoms with E-state index in [1.54, 1.807) is 28.0 Å². The Morgan fingerprint density at radius 1 is 0.906 bits per heavy atom. The van der Waals surface area contributed by atoms with Crippen molar-refractivity contribution in [3.8, 4) is 5.75 Å². The maximum Gasteiger partial charge on any atom is 0.258 e. The largest absolute Gasteiger partial charge is 0.484 e. The Kier molecular flexibility index (Phi) is 13.8. The normalized spacial score (nSPS) is 23.4. The van der Waals surface area contributed by atoms with Gasteiger partial charge in [0.25, 0.3) is 5.91 Å².